The Balaban J connectivity index is 3.96. The molecule has 0 aliphatic rings. The molecular weight excluding hydrogens is 194 g/mol. The molecule has 0 atom stereocenters. The second-order valence-corrected chi connectivity index (χ2v) is 4.64. The SMILES string of the molecule is CN(C)C(=O)CNS(=O)(=O)CCN. The summed E-state index contributed by atoms with van der Waals surface area (Å²) in [5.41, 5.74) is 5.07. The number of likely N-dealkylation sites (N-methyl/N-ethyl adjacent to an activating group) is 1. The van der Waals surface area contributed by atoms with E-state index in [9.17, 15) is 13.2 Å². The molecule has 0 saturated heterocycles. The van der Waals surface area contributed by atoms with Crippen LogP contribution in [0.4, 0.5) is 0 Å². The highest BCUT2D eigenvalue weighted by Gasteiger charge is 2.11. The minimum Gasteiger partial charge on any atom is -0.348 e. The van der Waals surface area contributed by atoms with E-state index in [4.69, 9.17) is 5.73 Å². The van der Waals surface area contributed by atoms with E-state index in [2.05, 4.69) is 4.72 Å². The van der Waals surface area contributed by atoms with Crippen LogP contribution in [0.15, 0.2) is 0 Å². The second kappa shape index (κ2) is 5.15. The van der Waals surface area contributed by atoms with Crippen molar-refractivity contribution < 1.29 is 13.2 Å². The Morgan fingerprint density at radius 2 is 2.00 bits per heavy atom. The quantitative estimate of drug-likeness (QED) is 0.545. The fourth-order valence-corrected chi connectivity index (χ4v) is 1.36. The van der Waals surface area contributed by atoms with Crippen LogP contribution in [-0.2, 0) is 14.8 Å². The lowest BCUT2D eigenvalue weighted by atomic mass is 10.6. The number of nitrogens with zero attached hydrogens (tertiary/aromatic N) is 1. The first-order valence-corrected chi connectivity index (χ1v) is 5.42. The zero-order chi connectivity index (χ0) is 10.5. The highest BCUT2D eigenvalue weighted by atomic mass is 32.2. The number of carbonyl (C=O) groups is 1. The van der Waals surface area contributed by atoms with E-state index < -0.39 is 10.0 Å². The summed E-state index contributed by atoms with van der Waals surface area (Å²) in [5, 5.41) is 0. The number of amides is 1. The number of hydrogen-bond acceptors (Lipinski definition) is 4. The number of sulfonamides is 1. The van der Waals surface area contributed by atoms with Crippen LogP contribution in [0.3, 0.4) is 0 Å². The van der Waals surface area contributed by atoms with Crippen LogP contribution in [0, 0.1) is 0 Å². The molecule has 78 valence electrons. The third-order valence-corrected chi connectivity index (χ3v) is 2.69. The van der Waals surface area contributed by atoms with E-state index in [1.807, 2.05) is 0 Å². The van der Waals surface area contributed by atoms with Gasteiger partial charge in [-0.05, 0) is 0 Å². The van der Waals surface area contributed by atoms with Crippen molar-refractivity contribution in [2.45, 2.75) is 0 Å². The fourth-order valence-electron chi connectivity index (χ4n) is 0.557. The minimum atomic E-state index is -3.38. The zero-order valence-electron chi connectivity index (χ0n) is 7.78. The molecule has 13 heavy (non-hydrogen) atoms. The van der Waals surface area contributed by atoms with Gasteiger partial charge >= 0.3 is 0 Å². The summed E-state index contributed by atoms with van der Waals surface area (Å²) >= 11 is 0. The first-order valence-electron chi connectivity index (χ1n) is 3.76. The maximum Gasteiger partial charge on any atom is 0.237 e. The van der Waals surface area contributed by atoms with Gasteiger partial charge in [0.25, 0.3) is 0 Å². The van der Waals surface area contributed by atoms with Crippen LogP contribution >= 0.6 is 0 Å². The van der Waals surface area contributed by atoms with Gasteiger partial charge in [-0.2, -0.15) is 0 Å². The predicted molar refractivity (Wildman–Crippen MR) is 49.5 cm³/mol. The molecule has 0 aromatic carbocycles. The van der Waals surface area contributed by atoms with Crippen LogP contribution in [0.25, 0.3) is 0 Å². The summed E-state index contributed by atoms with van der Waals surface area (Å²) in [6.45, 7) is -0.166. The van der Waals surface area contributed by atoms with Crippen LogP contribution in [0.1, 0.15) is 0 Å². The molecule has 0 aliphatic heterocycles. The van der Waals surface area contributed by atoms with Crippen LogP contribution < -0.4 is 10.5 Å². The predicted octanol–water partition coefficient (Wildman–Crippen LogP) is -2.05. The van der Waals surface area contributed by atoms with Gasteiger partial charge in [-0.15, -0.1) is 0 Å². The van der Waals surface area contributed by atoms with Crippen LogP contribution in [0.2, 0.25) is 0 Å². The van der Waals surface area contributed by atoms with E-state index in [1.54, 1.807) is 14.1 Å². The van der Waals surface area contributed by atoms with E-state index >= 15 is 0 Å². The molecule has 0 radical (unpaired) electrons. The van der Waals surface area contributed by atoms with Crippen molar-refractivity contribution in [3.63, 3.8) is 0 Å². The van der Waals surface area contributed by atoms with E-state index in [-0.39, 0.29) is 24.7 Å². The van der Waals surface area contributed by atoms with Crippen LogP contribution in [0.5, 0.6) is 0 Å². The highest BCUT2D eigenvalue weighted by Crippen LogP contribution is 1.83. The number of nitrogens with two attached hydrogens (primary N) is 1. The molecule has 0 fully saturated rings. The Labute approximate surface area is 78.1 Å². The first-order chi connectivity index (χ1) is 5.89. The first kappa shape index (κ1) is 12.3. The topological polar surface area (TPSA) is 92.5 Å². The van der Waals surface area contributed by atoms with Gasteiger partial charge in [0, 0.05) is 20.6 Å². The van der Waals surface area contributed by atoms with Gasteiger partial charge in [-0.1, -0.05) is 0 Å². The maximum atomic E-state index is 11.0. The molecule has 0 aliphatic carbocycles. The molecule has 1 amide bonds. The van der Waals surface area contributed by atoms with E-state index in [0.717, 1.165) is 0 Å². The zero-order valence-corrected chi connectivity index (χ0v) is 8.60. The van der Waals surface area contributed by atoms with E-state index in [0.29, 0.717) is 0 Å². The Morgan fingerprint density at radius 1 is 1.46 bits per heavy atom. The average Bonchev–Trinajstić information content (AvgIpc) is 2.00. The van der Waals surface area contributed by atoms with Crippen molar-refractivity contribution in [1.29, 1.82) is 0 Å². The summed E-state index contributed by atoms with van der Waals surface area (Å²) in [6, 6.07) is 0. The molecule has 0 aromatic heterocycles. The molecular formula is C6H15N3O3S. The summed E-state index contributed by atoms with van der Waals surface area (Å²) in [7, 11) is -0.272. The molecule has 3 N–H and O–H groups in total. The molecule has 0 aromatic rings. The summed E-state index contributed by atoms with van der Waals surface area (Å²) in [4.78, 5) is 12.3. The Morgan fingerprint density at radius 3 is 2.38 bits per heavy atom. The van der Waals surface area contributed by atoms with E-state index in [1.165, 1.54) is 4.90 Å². The van der Waals surface area contributed by atoms with Gasteiger partial charge in [-0.3, -0.25) is 4.79 Å². The monoisotopic (exact) mass is 209 g/mol. The van der Waals surface area contributed by atoms with Gasteiger partial charge in [0.2, 0.25) is 15.9 Å². The van der Waals surface area contributed by atoms with Gasteiger partial charge in [0.05, 0.1) is 12.3 Å². The molecule has 0 bridgehead atoms. The van der Waals surface area contributed by atoms with Crippen molar-refractivity contribution in [1.82, 2.24) is 9.62 Å². The number of hydrogen-bond donors (Lipinski definition) is 2. The van der Waals surface area contributed by atoms with Crippen molar-refractivity contribution in [3.05, 3.63) is 0 Å². The Hall–Kier alpha value is -0.660. The molecule has 0 spiro atoms. The van der Waals surface area contributed by atoms with Gasteiger partial charge < -0.3 is 10.6 Å². The number of nitrogens with one attached hydrogen (secondary N) is 1. The van der Waals surface area contributed by atoms with Crippen molar-refractivity contribution >= 4 is 15.9 Å². The fraction of sp³-hybridized carbons (Fsp3) is 0.833. The van der Waals surface area contributed by atoms with Crippen molar-refractivity contribution in [2.75, 3.05) is 32.9 Å². The average molecular weight is 209 g/mol. The maximum absolute atomic E-state index is 11.0. The van der Waals surface area contributed by atoms with Gasteiger partial charge in [-0.25, -0.2) is 13.1 Å². The second-order valence-electron chi connectivity index (χ2n) is 2.72. The largest absolute Gasteiger partial charge is 0.348 e. The summed E-state index contributed by atoms with van der Waals surface area (Å²) in [5.74, 6) is -0.450. The normalized spacial score (nSPS) is 11.3. The lowest BCUT2D eigenvalue weighted by molar-refractivity contribution is -0.127. The molecule has 6 nitrogen and oxygen atoms in total. The lowest BCUT2D eigenvalue weighted by Gasteiger charge is -2.10. The Kier molecular flexibility index (Phi) is 4.89. The molecule has 0 rings (SSSR count). The smallest absolute Gasteiger partial charge is 0.237 e. The molecule has 0 unspecified atom stereocenters. The third-order valence-electron chi connectivity index (χ3n) is 1.33. The van der Waals surface area contributed by atoms with Gasteiger partial charge in [0.1, 0.15) is 0 Å². The minimum absolute atomic E-state index is 0.0471. The van der Waals surface area contributed by atoms with Crippen molar-refractivity contribution in [3.8, 4) is 0 Å². The number of rotatable bonds is 5. The standard InChI is InChI=1S/C6H15N3O3S/c1-9(2)6(10)5-8-13(11,12)4-3-7/h8H,3-5,7H2,1-2H3. The summed E-state index contributed by atoms with van der Waals surface area (Å²) in [6.07, 6.45) is 0. The van der Waals surface area contributed by atoms with Crippen molar-refractivity contribution in [2.24, 2.45) is 5.73 Å². The highest BCUT2D eigenvalue weighted by molar-refractivity contribution is 7.89. The molecule has 0 saturated carbocycles. The third kappa shape index (κ3) is 5.56. The Bertz CT molecular complexity index is 260. The molecule has 0 heterocycles. The number of carbonyl (C=O) groups excluding carboxylic acids is 1. The molecule has 7 heteroatoms. The van der Waals surface area contributed by atoms with Crippen LogP contribution in [-0.4, -0.2) is 52.2 Å². The van der Waals surface area contributed by atoms with Gasteiger partial charge in [0.15, 0.2) is 0 Å². The summed E-state index contributed by atoms with van der Waals surface area (Å²) < 4.78 is 24.1. The lowest BCUT2D eigenvalue weighted by Crippen LogP contribution is -2.38.